The summed E-state index contributed by atoms with van der Waals surface area (Å²) in [7, 11) is 0. The topological polar surface area (TPSA) is 80.7 Å². The molecule has 1 aliphatic rings. The Kier molecular flexibility index (Phi) is 4.57. The SMILES string of the molecule is Cc1cc(CN2CCCOC(C)C2)oc1C(=O)NN. The maximum absolute atomic E-state index is 11.5. The third-order valence-electron chi connectivity index (χ3n) is 3.22. The van der Waals surface area contributed by atoms with Gasteiger partial charge in [-0.1, -0.05) is 0 Å². The van der Waals surface area contributed by atoms with Crippen LogP contribution in [0.5, 0.6) is 0 Å². The van der Waals surface area contributed by atoms with E-state index in [0.717, 1.165) is 37.4 Å². The van der Waals surface area contributed by atoms with Crippen molar-refractivity contribution < 1.29 is 13.9 Å². The largest absolute Gasteiger partial charge is 0.454 e. The van der Waals surface area contributed by atoms with Crippen LogP contribution in [0, 0.1) is 6.92 Å². The van der Waals surface area contributed by atoms with Crippen LogP contribution < -0.4 is 11.3 Å². The number of carbonyl (C=O) groups is 1. The summed E-state index contributed by atoms with van der Waals surface area (Å²) in [6.45, 7) is 7.24. The van der Waals surface area contributed by atoms with Gasteiger partial charge >= 0.3 is 5.91 Å². The molecule has 0 saturated carbocycles. The van der Waals surface area contributed by atoms with Gasteiger partial charge in [0.1, 0.15) is 5.76 Å². The summed E-state index contributed by atoms with van der Waals surface area (Å²) < 4.78 is 11.2. The molecule has 2 rings (SSSR count). The Morgan fingerprint density at radius 2 is 2.42 bits per heavy atom. The molecular weight excluding hydrogens is 246 g/mol. The minimum Gasteiger partial charge on any atom is -0.454 e. The van der Waals surface area contributed by atoms with E-state index in [-0.39, 0.29) is 11.9 Å². The highest BCUT2D eigenvalue weighted by atomic mass is 16.5. The van der Waals surface area contributed by atoms with Gasteiger partial charge in [-0.25, -0.2) is 5.84 Å². The Balaban J connectivity index is 2.04. The van der Waals surface area contributed by atoms with Crippen LogP contribution in [-0.2, 0) is 11.3 Å². The lowest BCUT2D eigenvalue weighted by Gasteiger charge is -2.20. The highest BCUT2D eigenvalue weighted by Gasteiger charge is 2.19. The lowest BCUT2D eigenvalue weighted by atomic mass is 10.2. The summed E-state index contributed by atoms with van der Waals surface area (Å²) in [6.07, 6.45) is 1.24. The van der Waals surface area contributed by atoms with Crippen LogP contribution in [0.25, 0.3) is 0 Å². The van der Waals surface area contributed by atoms with Crippen molar-refractivity contribution >= 4 is 5.91 Å². The average Bonchev–Trinajstić information content (AvgIpc) is 2.61. The molecule has 3 N–H and O–H groups in total. The zero-order chi connectivity index (χ0) is 13.8. The molecule has 6 heteroatoms. The van der Waals surface area contributed by atoms with Crippen LogP contribution in [-0.4, -0.2) is 36.6 Å². The van der Waals surface area contributed by atoms with Crippen LogP contribution in [0.15, 0.2) is 10.5 Å². The smallest absolute Gasteiger partial charge is 0.301 e. The molecule has 1 fully saturated rings. The number of nitrogens with zero attached hydrogens (tertiary/aromatic N) is 1. The molecule has 106 valence electrons. The second-order valence-corrected chi connectivity index (χ2v) is 4.97. The fourth-order valence-electron chi connectivity index (χ4n) is 2.36. The molecule has 19 heavy (non-hydrogen) atoms. The van der Waals surface area contributed by atoms with E-state index in [0.29, 0.717) is 6.54 Å². The molecule has 0 aliphatic carbocycles. The van der Waals surface area contributed by atoms with Crippen LogP contribution in [0.2, 0.25) is 0 Å². The summed E-state index contributed by atoms with van der Waals surface area (Å²) in [5.41, 5.74) is 2.89. The van der Waals surface area contributed by atoms with E-state index in [1.807, 2.05) is 13.0 Å². The summed E-state index contributed by atoms with van der Waals surface area (Å²) in [6, 6.07) is 1.89. The van der Waals surface area contributed by atoms with Crippen LogP contribution in [0.4, 0.5) is 0 Å². The highest BCUT2D eigenvalue weighted by molar-refractivity contribution is 5.92. The maximum atomic E-state index is 11.5. The van der Waals surface area contributed by atoms with Crippen LogP contribution in [0.1, 0.15) is 35.2 Å². The quantitative estimate of drug-likeness (QED) is 0.481. The monoisotopic (exact) mass is 267 g/mol. The van der Waals surface area contributed by atoms with E-state index in [2.05, 4.69) is 17.2 Å². The van der Waals surface area contributed by atoms with Gasteiger partial charge in [-0.05, 0) is 26.3 Å². The third kappa shape index (κ3) is 3.56. The van der Waals surface area contributed by atoms with Gasteiger partial charge in [-0.3, -0.25) is 15.1 Å². The molecule has 0 bridgehead atoms. The Bertz CT molecular complexity index is 444. The fraction of sp³-hybridized carbons (Fsp3) is 0.615. The summed E-state index contributed by atoms with van der Waals surface area (Å²) in [5, 5.41) is 0. The van der Waals surface area contributed by atoms with Crippen LogP contribution in [0.3, 0.4) is 0 Å². The van der Waals surface area contributed by atoms with E-state index in [1.54, 1.807) is 0 Å². The fourth-order valence-corrected chi connectivity index (χ4v) is 2.36. The molecule has 0 aromatic carbocycles. The first-order valence-corrected chi connectivity index (χ1v) is 6.54. The number of hydrogen-bond donors (Lipinski definition) is 2. The molecule has 6 nitrogen and oxygen atoms in total. The molecule has 1 aliphatic heterocycles. The zero-order valence-electron chi connectivity index (χ0n) is 11.4. The molecule has 0 spiro atoms. The number of ether oxygens (including phenoxy) is 1. The number of hydrazine groups is 1. The minimum absolute atomic E-state index is 0.227. The number of rotatable bonds is 3. The van der Waals surface area contributed by atoms with Crippen molar-refractivity contribution in [2.75, 3.05) is 19.7 Å². The highest BCUT2D eigenvalue weighted by Crippen LogP contribution is 2.17. The zero-order valence-corrected chi connectivity index (χ0v) is 11.4. The molecule has 1 aromatic rings. The van der Waals surface area contributed by atoms with Crippen molar-refractivity contribution in [1.82, 2.24) is 10.3 Å². The number of carbonyl (C=O) groups excluding carboxylic acids is 1. The normalized spacial score (nSPS) is 21.1. The van der Waals surface area contributed by atoms with Crippen molar-refractivity contribution in [2.24, 2.45) is 5.84 Å². The number of aryl methyl sites for hydroxylation is 1. The van der Waals surface area contributed by atoms with Gasteiger partial charge in [0.05, 0.1) is 12.6 Å². The average molecular weight is 267 g/mol. The van der Waals surface area contributed by atoms with E-state index < -0.39 is 5.91 Å². The predicted octanol–water partition coefficient (Wildman–Crippen LogP) is 0.802. The van der Waals surface area contributed by atoms with E-state index in [9.17, 15) is 4.79 Å². The van der Waals surface area contributed by atoms with Gasteiger partial charge < -0.3 is 9.15 Å². The first-order chi connectivity index (χ1) is 9.10. The molecule has 1 saturated heterocycles. The second kappa shape index (κ2) is 6.18. The number of amides is 1. The Labute approximate surface area is 112 Å². The molecule has 0 radical (unpaired) electrons. The Morgan fingerprint density at radius 1 is 1.63 bits per heavy atom. The summed E-state index contributed by atoms with van der Waals surface area (Å²) in [4.78, 5) is 13.8. The van der Waals surface area contributed by atoms with E-state index in [4.69, 9.17) is 15.0 Å². The number of nitrogen functional groups attached to an aromatic ring is 1. The molecule has 2 heterocycles. The summed E-state index contributed by atoms with van der Waals surface area (Å²) in [5.74, 6) is 5.80. The molecular formula is C13H21N3O3. The standard InChI is InChI=1S/C13H21N3O3/c1-9-6-11(19-12(9)13(17)15-14)8-16-4-3-5-18-10(2)7-16/h6,10H,3-5,7-8,14H2,1-2H3,(H,15,17). The minimum atomic E-state index is -0.392. The number of nitrogens with one attached hydrogen (secondary N) is 1. The molecule has 1 aromatic heterocycles. The molecule has 1 unspecified atom stereocenters. The van der Waals surface area contributed by atoms with Crippen molar-refractivity contribution in [1.29, 1.82) is 0 Å². The molecule has 1 amide bonds. The van der Waals surface area contributed by atoms with Crippen molar-refractivity contribution in [3.63, 3.8) is 0 Å². The lowest BCUT2D eigenvalue weighted by molar-refractivity contribution is 0.0657. The lowest BCUT2D eigenvalue weighted by Crippen LogP contribution is -2.30. The van der Waals surface area contributed by atoms with E-state index in [1.165, 1.54) is 0 Å². The van der Waals surface area contributed by atoms with Gasteiger partial charge in [0.15, 0.2) is 5.76 Å². The maximum Gasteiger partial charge on any atom is 0.301 e. The molecule has 1 atom stereocenters. The van der Waals surface area contributed by atoms with Crippen molar-refractivity contribution in [3.05, 3.63) is 23.2 Å². The predicted molar refractivity (Wildman–Crippen MR) is 70.4 cm³/mol. The number of furan rings is 1. The van der Waals surface area contributed by atoms with Gasteiger partial charge in [0.2, 0.25) is 0 Å². The van der Waals surface area contributed by atoms with Gasteiger partial charge in [-0.2, -0.15) is 0 Å². The summed E-state index contributed by atoms with van der Waals surface area (Å²) >= 11 is 0. The first kappa shape index (κ1) is 14.0. The number of nitrogens with two attached hydrogens (primary N) is 1. The van der Waals surface area contributed by atoms with Gasteiger partial charge in [0.25, 0.3) is 0 Å². The van der Waals surface area contributed by atoms with Crippen molar-refractivity contribution in [3.8, 4) is 0 Å². The second-order valence-electron chi connectivity index (χ2n) is 4.97. The third-order valence-corrected chi connectivity index (χ3v) is 3.22. The van der Waals surface area contributed by atoms with Gasteiger partial charge in [0, 0.05) is 25.3 Å². The van der Waals surface area contributed by atoms with Gasteiger partial charge in [-0.15, -0.1) is 0 Å². The number of hydrogen-bond acceptors (Lipinski definition) is 5. The Hall–Kier alpha value is -1.37. The van der Waals surface area contributed by atoms with Crippen LogP contribution >= 0.6 is 0 Å². The van der Waals surface area contributed by atoms with Crippen molar-refractivity contribution in [2.45, 2.75) is 32.9 Å². The Morgan fingerprint density at radius 3 is 3.16 bits per heavy atom. The van der Waals surface area contributed by atoms with E-state index >= 15 is 0 Å². The first-order valence-electron chi connectivity index (χ1n) is 6.54.